The minimum atomic E-state index is 0.241. The van der Waals surface area contributed by atoms with Crippen LogP contribution in [-0.2, 0) is 6.42 Å². The van der Waals surface area contributed by atoms with Crippen LogP contribution in [0.1, 0.15) is 17.7 Å². The Morgan fingerprint density at radius 3 is 2.89 bits per heavy atom. The third-order valence-corrected chi connectivity index (χ3v) is 3.62. The maximum absolute atomic E-state index is 6.11. The fraction of sp³-hybridized carbons (Fsp3) is 0.286. The number of nitrogens with zero attached hydrogens (tertiary/aromatic N) is 3. The molecule has 3 rings (SSSR count). The molecule has 1 aliphatic heterocycles. The van der Waals surface area contributed by atoms with Crippen LogP contribution >= 0.6 is 11.6 Å². The largest absolute Gasteiger partial charge is 0.394 e. The molecule has 0 atom stereocenters. The third-order valence-electron chi connectivity index (χ3n) is 3.45. The number of nitrogens with two attached hydrogens (primary N) is 1. The van der Waals surface area contributed by atoms with Crippen LogP contribution < -0.4 is 10.6 Å². The van der Waals surface area contributed by atoms with Crippen molar-refractivity contribution in [2.24, 2.45) is 0 Å². The summed E-state index contributed by atoms with van der Waals surface area (Å²) in [4.78, 5) is 10.5. The third kappa shape index (κ3) is 2.12. The SMILES string of the molecule is Cc1nc(Cl)nc(N2CCCc3ccccc32)c1N. The molecule has 98 valence electrons. The Labute approximate surface area is 117 Å². The van der Waals surface area contributed by atoms with Crippen LogP contribution in [0.3, 0.4) is 0 Å². The number of aromatic nitrogens is 2. The van der Waals surface area contributed by atoms with Gasteiger partial charge in [-0.3, -0.25) is 0 Å². The highest BCUT2D eigenvalue weighted by atomic mass is 35.5. The molecule has 2 N–H and O–H groups in total. The number of hydrogen-bond donors (Lipinski definition) is 1. The molecule has 1 aromatic heterocycles. The first kappa shape index (κ1) is 12.2. The molecule has 1 aliphatic rings. The van der Waals surface area contributed by atoms with Crippen LogP contribution in [0.2, 0.25) is 5.28 Å². The molecule has 0 bridgehead atoms. The molecule has 19 heavy (non-hydrogen) atoms. The molecule has 0 unspecified atom stereocenters. The zero-order valence-corrected chi connectivity index (χ0v) is 11.5. The number of benzene rings is 1. The van der Waals surface area contributed by atoms with E-state index in [1.165, 1.54) is 5.56 Å². The maximum Gasteiger partial charge on any atom is 0.224 e. The van der Waals surface area contributed by atoms with Crippen LogP contribution in [0.15, 0.2) is 24.3 Å². The quantitative estimate of drug-likeness (QED) is 0.812. The number of rotatable bonds is 1. The van der Waals surface area contributed by atoms with E-state index in [4.69, 9.17) is 17.3 Å². The van der Waals surface area contributed by atoms with E-state index >= 15 is 0 Å². The molecule has 2 aromatic rings. The molecular formula is C14H15ClN4. The standard InChI is InChI=1S/C14H15ClN4/c1-9-12(16)13(18-14(15)17-9)19-8-4-6-10-5-2-3-7-11(10)19/h2-3,5,7H,4,6,8,16H2,1H3. The lowest BCUT2D eigenvalue weighted by Crippen LogP contribution is -2.26. The minimum absolute atomic E-state index is 0.241. The van der Waals surface area contributed by atoms with Gasteiger partial charge in [-0.25, -0.2) is 4.98 Å². The Bertz CT molecular complexity index is 627. The molecule has 0 aliphatic carbocycles. The molecule has 5 heteroatoms. The number of nitrogen functional groups attached to an aromatic ring is 1. The second kappa shape index (κ2) is 4.70. The van der Waals surface area contributed by atoms with Gasteiger partial charge < -0.3 is 10.6 Å². The molecule has 1 aromatic carbocycles. The minimum Gasteiger partial charge on any atom is -0.394 e. The van der Waals surface area contributed by atoms with Gasteiger partial charge in [-0.1, -0.05) is 18.2 Å². The van der Waals surface area contributed by atoms with Gasteiger partial charge in [0.05, 0.1) is 11.4 Å². The molecule has 4 nitrogen and oxygen atoms in total. The van der Waals surface area contributed by atoms with E-state index in [1.807, 2.05) is 13.0 Å². The van der Waals surface area contributed by atoms with Gasteiger partial charge >= 0.3 is 0 Å². The first-order valence-electron chi connectivity index (χ1n) is 6.32. The van der Waals surface area contributed by atoms with E-state index < -0.39 is 0 Å². The normalized spacial score (nSPS) is 14.3. The van der Waals surface area contributed by atoms with Gasteiger partial charge in [0, 0.05) is 12.2 Å². The average molecular weight is 275 g/mol. The number of hydrogen-bond acceptors (Lipinski definition) is 4. The molecule has 0 radical (unpaired) electrons. The van der Waals surface area contributed by atoms with Crippen molar-refractivity contribution in [3.05, 3.63) is 40.8 Å². The summed E-state index contributed by atoms with van der Waals surface area (Å²) in [5.41, 5.74) is 9.91. The van der Waals surface area contributed by atoms with Crippen LogP contribution in [0.25, 0.3) is 0 Å². The second-order valence-electron chi connectivity index (χ2n) is 4.70. The summed E-state index contributed by atoms with van der Waals surface area (Å²) in [6, 6.07) is 8.33. The summed E-state index contributed by atoms with van der Waals surface area (Å²) in [6.07, 6.45) is 2.17. The van der Waals surface area contributed by atoms with E-state index in [0.29, 0.717) is 11.5 Å². The summed E-state index contributed by atoms with van der Waals surface area (Å²) in [5.74, 6) is 0.713. The Morgan fingerprint density at radius 1 is 1.26 bits per heavy atom. The highest BCUT2D eigenvalue weighted by Crippen LogP contribution is 2.36. The molecule has 0 amide bonds. The smallest absolute Gasteiger partial charge is 0.224 e. The van der Waals surface area contributed by atoms with Gasteiger partial charge in [-0.2, -0.15) is 4.98 Å². The number of para-hydroxylation sites is 1. The van der Waals surface area contributed by atoms with Gasteiger partial charge in [0.25, 0.3) is 0 Å². The van der Waals surface area contributed by atoms with Gasteiger partial charge in [0.15, 0.2) is 5.82 Å². The van der Waals surface area contributed by atoms with Gasteiger partial charge in [-0.05, 0) is 43.0 Å². The number of fused-ring (bicyclic) bond motifs is 1. The van der Waals surface area contributed by atoms with Gasteiger partial charge in [0.1, 0.15) is 0 Å². The molecule has 0 saturated heterocycles. The summed E-state index contributed by atoms with van der Waals surface area (Å²) in [6.45, 7) is 2.75. The molecule has 0 fully saturated rings. The Hall–Kier alpha value is -1.81. The van der Waals surface area contributed by atoms with Crippen molar-refractivity contribution in [1.29, 1.82) is 0 Å². The van der Waals surface area contributed by atoms with Crippen LogP contribution in [0.4, 0.5) is 17.2 Å². The zero-order valence-electron chi connectivity index (χ0n) is 10.7. The lowest BCUT2D eigenvalue weighted by Gasteiger charge is -2.31. The van der Waals surface area contributed by atoms with Crippen LogP contribution in [0.5, 0.6) is 0 Å². The molecule has 2 heterocycles. The monoisotopic (exact) mass is 274 g/mol. The van der Waals surface area contributed by atoms with Crippen molar-refractivity contribution >= 4 is 28.8 Å². The zero-order chi connectivity index (χ0) is 13.4. The second-order valence-corrected chi connectivity index (χ2v) is 5.04. The van der Waals surface area contributed by atoms with Crippen molar-refractivity contribution < 1.29 is 0 Å². The van der Waals surface area contributed by atoms with Crippen molar-refractivity contribution in [3.63, 3.8) is 0 Å². The fourth-order valence-corrected chi connectivity index (χ4v) is 2.70. The van der Waals surface area contributed by atoms with E-state index in [0.717, 1.165) is 30.8 Å². The van der Waals surface area contributed by atoms with Gasteiger partial charge in [0.2, 0.25) is 5.28 Å². The van der Waals surface area contributed by atoms with Crippen molar-refractivity contribution in [2.45, 2.75) is 19.8 Å². The van der Waals surface area contributed by atoms with Crippen molar-refractivity contribution in [2.75, 3.05) is 17.2 Å². The average Bonchev–Trinajstić information content (AvgIpc) is 2.42. The lowest BCUT2D eigenvalue weighted by molar-refractivity contribution is 0.759. The predicted octanol–water partition coefficient (Wildman–Crippen LogP) is 3.10. The lowest BCUT2D eigenvalue weighted by atomic mass is 10.0. The first-order valence-corrected chi connectivity index (χ1v) is 6.69. The highest BCUT2D eigenvalue weighted by molar-refractivity contribution is 6.28. The first-order chi connectivity index (χ1) is 9.16. The van der Waals surface area contributed by atoms with Gasteiger partial charge in [-0.15, -0.1) is 0 Å². The molecular weight excluding hydrogens is 260 g/mol. The summed E-state index contributed by atoms with van der Waals surface area (Å²) in [7, 11) is 0. The summed E-state index contributed by atoms with van der Waals surface area (Å²) < 4.78 is 0. The highest BCUT2D eigenvalue weighted by Gasteiger charge is 2.22. The van der Waals surface area contributed by atoms with E-state index in [1.54, 1.807) is 0 Å². The molecule has 0 spiro atoms. The summed E-state index contributed by atoms with van der Waals surface area (Å²) >= 11 is 5.96. The Kier molecular flexibility index (Phi) is 3.03. The van der Waals surface area contributed by atoms with E-state index in [-0.39, 0.29) is 5.28 Å². The van der Waals surface area contributed by atoms with Crippen LogP contribution in [0, 0.1) is 6.92 Å². The fourth-order valence-electron chi connectivity index (χ4n) is 2.49. The topological polar surface area (TPSA) is 55.0 Å². The van der Waals surface area contributed by atoms with Crippen molar-refractivity contribution in [1.82, 2.24) is 9.97 Å². The number of anilines is 3. The summed E-state index contributed by atoms with van der Waals surface area (Å²) in [5, 5.41) is 0.241. The Morgan fingerprint density at radius 2 is 2.05 bits per heavy atom. The van der Waals surface area contributed by atoms with Crippen molar-refractivity contribution in [3.8, 4) is 0 Å². The van der Waals surface area contributed by atoms with E-state index in [2.05, 4.69) is 33.1 Å². The molecule has 0 saturated carbocycles. The Balaban J connectivity index is 2.14. The van der Waals surface area contributed by atoms with E-state index in [9.17, 15) is 0 Å². The maximum atomic E-state index is 6.11. The number of aryl methyl sites for hydroxylation is 2. The number of halogens is 1. The van der Waals surface area contributed by atoms with Crippen LogP contribution in [-0.4, -0.2) is 16.5 Å². The predicted molar refractivity (Wildman–Crippen MR) is 78.0 cm³/mol.